The molecule has 2 heterocycles. The molecule has 1 saturated heterocycles. The maximum atomic E-state index is 12.6. The van der Waals surface area contributed by atoms with E-state index in [2.05, 4.69) is 10.1 Å². The molecule has 0 N–H and O–H groups in total. The quantitative estimate of drug-likeness (QED) is 0.682. The first-order valence-electron chi connectivity index (χ1n) is 8.48. The van der Waals surface area contributed by atoms with E-state index >= 15 is 0 Å². The van der Waals surface area contributed by atoms with Gasteiger partial charge >= 0.3 is 0 Å². The molecule has 1 aromatic heterocycles. The van der Waals surface area contributed by atoms with Gasteiger partial charge in [-0.15, -0.1) is 0 Å². The van der Waals surface area contributed by atoms with Gasteiger partial charge in [-0.3, -0.25) is 4.79 Å². The molecule has 2 aromatic carbocycles. The van der Waals surface area contributed by atoms with Gasteiger partial charge < -0.3 is 9.42 Å². The summed E-state index contributed by atoms with van der Waals surface area (Å²) in [4.78, 5) is 18.9. The number of nitrogens with zero attached hydrogens (tertiary/aromatic N) is 3. The minimum Gasteiger partial charge on any atom is -0.334 e. The van der Waals surface area contributed by atoms with Crippen LogP contribution in [0.25, 0.3) is 11.5 Å². The number of amides is 1. The summed E-state index contributed by atoms with van der Waals surface area (Å²) in [5, 5.41) is 4.71. The van der Waals surface area contributed by atoms with Gasteiger partial charge in [0.1, 0.15) is 0 Å². The molecule has 132 valence electrons. The monoisotopic (exact) mass is 367 g/mol. The second kappa shape index (κ2) is 6.57. The molecule has 5 nitrogen and oxygen atoms in total. The summed E-state index contributed by atoms with van der Waals surface area (Å²) in [6, 6.07) is 13.4. The molecular formula is C20H18ClN3O2. The Bertz CT molecular complexity index is 983. The summed E-state index contributed by atoms with van der Waals surface area (Å²) in [5.74, 6) is 0.971. The van der Waals surface area contributed by atoms with Crippen molar-refractivity contribution in [2.45, 2.75) is 26.2 Å². The van der Waals surface area contributed by atoms with Crippen LogP contribution in [0.2, 0.25) is 5.02 Å². The molecule has 3 aromatic rings. The predicted molar refractivity (Wildman–Crippen MR) is 100 cm³/mol. The fraction of sp³-hybridized carbons (Fsp3) is 0.250. The van der Waals surface area contributed by atoms with E-state index in [1.54, 1.807) is 12.1 Å². The number of carbonyl (C=O) groups is 1. The molecule has 0 radical (unpaired) electrons. The van der Waals surface area contributed by atoms with Crippen LogP contribution in [0.15, 0.2) is 47.0 Å². The minimum absolute atomic E-state index is 0.0813. The molecule has 26 heavy (non-hydrogen) atoms. The zero-order valence-corrected chi connectivity index (χ0v) is 15.3. The summed E-state index contributed by atoms with van der Waals surface area (Å²) in [6.07, 6.45) is 0.377. The van der Waals surface area contributed by atoms with Crippen molar-refractivity contribution in [2.75, 3.05) is 11.4 Å². The van der Waals surface area contributed by atoms with E-state index < -0.39 is 0 Å². The minimum atomic E-state index is -0.0842. The van der Waals surface area contributed by atoms with Crippen LogP contribution in [-0.2, 0) is 4.79 Å². The van der Waals surface area contributed by atoms with Crippen LogP contribution < -0.4 is 4.90 Å². The van der Waals surface area contributed by atoms with E-state index in [1.807, 2.05) is 49.1 Å². The molecule has 6 heteroatoms. The van der Waals surface area contributed by atoms with Gasteiger partial charge in [-0.2, -0.15) is 4.98 Å². The first-order valence-corrected chi connectivity index (χ1v) is 8.86. The topological polar surface area (TPSA) is 59.2 Å². The highest BCUT2D eigenvalue weighted by molar-refractivity contribution is 6.30. The molecule has 1 aliphatic rings. The van der Waals surface area contributed by atoms with Crippen molar-refractivity contribution in [2.24, 2.45) is 0 Å². The van der Waals surface area contributed by atoms with Gasteiger partial charge in [0, 0.05) is 35.2 Å². The van der Waals surface area contributed by atoms with E-state index in [4.69, 9.17) is 16.1 Å². The average molecular weight is 368 g/mol. The highest BCUT2D eigenvalue weighted by Crippen LogP contribution is 2.33. The van der Waals surface area contributed by atoms with E-state index in [0.717, 1.165) is 22.4 Å². The Morgan fingerprint density at radius 3 is 2.85 bits per heavy atom. The Balaban J connectivity index is 1.59. The Kier molecular flexibility index (Phi) is 4.24. The summed E-state index contributed by atoms with van der Waals surface area (Å²) in [6.45, 7) is 4.59. The van der Waals surface area contributed by atoms with E-state index in [1.165, 1.54) is 0 Å². The molecular weight excluding hydrogens is 350 g/mol. The van der Waals surface area contributed by atoms with E-state index in [-0.39, 0.29) is 11.8 Å². The van der Waals surface area contributed by atoms with Gasteiger partial charge in [-0.1, -0.05) is 35.0 Å². The van der Waals surface area contributed by atoms with Crippen molar-refractivity contribution in [1.29, 1.82) is 0 Å². The van der Waals surface area contributed by atoms with Crippen molar-refractivity contribution in [3.8, 4) is 11.5 Å². The number of benzene rings is 2. The molecule has 1 amide bonds. The predicted octanol–water partition coefficient (Wildman–Crippen LogP) is 4.53. The summed E-state index contributed by atoms with van der Waals surface area (Å²) < 4.78 is 5.39. The Morgan fingerprint density at radius 1 is 1.19 bits per heavy atom. The third-order valence-corrected chi connectivity index (χ3v) is 4.89. The number of hydrogen-bond acceptors (Lipinski definition) is 4. The third-order valence-electron chi connectivity index (χ3n) is 4.66. The van der Waals surface area contributed by atoms with Crippen LogP contribution >= 0.6 is 11.6 Å². The lowest BCUT2D eigenvalue weighted by Gasteiger charge is -2.19. The molecule has 0 spiro atoms. The van der Waals surface area contributed by atoms with Crippen LogP contribution in [0, 0.1) is 13.8 Å². The molecule has 1 unspecified atom stereocenters. The van der Waals surface area contributed by atoms with Crippen LogP contribution in [0.5, 0.6) is 0 Å². The zero-order chi connectivity index (χ0) is 18.3. The SMILES string of the molecule is Cc1ccc(C)c(N2CC(c3noc(-c4cccc(Cl)c4)n3)CC2=O)c1. The lowest BCUT2D eigenvalue weighted by molar-refractivity contribution is -0.117. The number of carbonyl (C=O) groups excluding carboxylic acids is 1. The first-order chi connectivity index (χ1) is 12.5. The molecule has 4 rings (SSSR count). The second-order valence-electron chi connectivity index (χ2n) is 6.66. The van der Waals surface area contributed by atoms with Gasteiger partial charge in [0.15, 0.2) is 5.82 Å². The summed E-state index contributed by atoms with van der Waals surface area (Å²) in [7, 11) is 0. The van der Waals surface area contributed by atoms with Gasteiger partial charge in [0.25, 0.3) is 5.89 Å². The maximum Gasteiger partial charge on any atom is 0.257 e. The smallest absolute Gasteiger partial charge is 0.257 e. The van der Waals surface area contributed by atoms with Crippen molar-refractivity contribution in [3.05, 3.63) is 64.4 Å². The number of rotatable bonds is 3. The number of aromatic nitrogens is 2. The van der Waals surface area contributed by atoms with Gasteiger partial charge in [0.2, 0.25) is 5.91 Å². The van der Waals surface area contributed by atoms with E-state index in [9.17, 15) is 4.79 Å². The lowest BCUT2D eigenvalue weighted by Crippen LogP contribution is -2.25. The molecule has 1 fully saturated rings. The third kappa shape index (κ3) is 3.10. The summed E-state index contributed by atoms with van der Waals surface area (Å²) >= 11 is 6.02. The molecule has 1 aliphatic heterocycles. The Hall–Kier alpha value is -2.66. The maximum absolute atomic E-state index is 12.6. The largest absolute Gasteiger partial charge is 0.334 e. The first kappa shape index (κ1) is 16.8. The van der Waals surface area contributed by atoms with Crippen LogP contribution in [0.1, 0.15) is 29.3 Å². The number of hydrogen-bond donors (Lipinski definition) is 0. The molecule has 1 atom stereocenters. The molecule has 0 aliphatic carbocycles. The van der Waals surface area contributed by atoms with Crippen LogP contribution in [0.4, 0.5) is 5.69 Å². The van der Waals surface area contributed by atoms with Crippen molar-refractivity contribution in [1.82, 2.24) is 10.1 Å². The van der Waals surface area contributed by atoms with E-state index in [0.29, 0.717) is 29.7 Å². The van der Waals surface area contributed by atoms with Crippen molar-refractivity contribution >= 4 is 23.2 Å². The standard InChI is InChI=1S/C20H18ClN3O2/c1-12-6-7-13(2)17(8-12)24-11-15(10-18(24)25)19-22-20(26-23-19)14-4-3-5-16(21)9-14/h3-9,15H,10-11H2,1-2H3. The summed E-state index contributed by atoms with van der Waals surface area (Å²) in [5.41, 5.74) is 3.94. The lowest BCUT2D eigenvalue weighted by atomic mass is 10.1. The highest BCUT2D eigenvalue weighted by atomic mass is 35.5. The fourth-order valence-electron chi connectivity index (χ4n) is 3.26. The van der Waals surface area contributed by atoms with Crippen molar-refractivity contribution in [3.63, 3.8) is 0 Å². The van der Waals surface area contributed by atoms with Crippen LogP contribution in [-0.4, -0.2) is 22.6 Å². The van der Waals surface area contributed by atoms with Gasteiger partial charge in [-0.05, 0) is 49.2 Å². The normalized spacial score (nSPS) is 17.1. The zero-order valence-electron chi connectivity index (χ0n) is 14.6. The van der Waals surface area contributed by atoms with Crippen LogP contribution in [0.3, 0.4) is 0 Å². The Labute approximate surface area is 156 Å². The van der Waals surface area contributed by atoms with Gasteiger partial charge in [-0.25, -0.2) is 0 Å². The number of halogens is 1. The average Bonchev–Trinajstić information content (AvgIpc) is 3.24. The van der Waals surface area contributed by atoms with Gasteiger partial charge in [0.05, 0.1) is 0 Å². The van der Waals surface area contributed by atoms with Crippen molar-refractivity contribution < 1.29 is 9.32 Å². The second-order valence-corrected chi connectivity index (χ2v) is 7.10. The fourth-order valence-corrected chi connectivity index (χ4v) is 3.45. The molecule has 0 bridgehead atoms. The Morgan fingerprint density at radius 2 is 2.04 bits per heavy atom. The highest BCUT2D eigenvalue weighted by Gasteiger charge is 2.35. The molecule has 0 saturated carbocycles. The number of aryl methyl sites for hydroxylation is 2. The number of anilines is 1.